The number of amides is 2. The number of carbonyl (C=O) groups is 2. The molecule has 1 aliphatic heterocycles. The van der Waals surface area contributed by atoms with E-state index in [1.807, 2.05) is 0 Å². The molecule has 4 nitrogen and oxygen atoms in total. The van der Waals surface area contributed by atoms with Gasteiger partial charge in [0.1, 0.15) is 0 Å². The maximum absolute atomic E-state index is 11.8. The van der Waals surface area contributed by atoms with Gasteiger partial charge in [0, 0.05) is 25.9 Å². The molecule has 152 valence electrons. The predicted molar refractivity (Wildman–Crippen MR) is 109 cm³/mol. The predicted octanol–water partition coefficient (Wildman–Crippen LogP) is 5.25. The van der Waals surface area contributed by atoms with E-state index in [1.165, 1.54) is 77.0 Å². The third kappa shape index (κ3) is 15.2. The molecule has 0 radical (unpaired) electrons. The number of carbonyl (C=O) groups excluding carboxylic acids is 2. The molecular formula is C22H42N2O2. The molecule has 0 aromatic carbocycles. The normalized spacial score (nSPS) is 22.6. The first kappa shape index (κ1) is 23.0. The summed E-state index contributed by atoms with van der Waals surface area (Å²) >= 11 is 0. The molecule has 26 heavy (non-hydrogen) atoms. The molecule has 0 spiro atoms. The molecule has 1 aliphatic rings. The third-order valence-corrected chi connectivity index (χ3v) is 5.31. The highest BCUT2D eigenvalue weighted by molar-refractivity contribution is 5.76. The maximum Gasteiger partial charge on any atom is 0.219 e. The number of hydrogen-bond donors (Lipinski definition) is 2. The van der Waals surface area contributed by atoms with Gasteiger partial charge in [0.05, 0.1) is 0 Å². The molecular weight excluding hydrogens is 324 g/mol. The van der Waals surface area contributed by atoms with E-state index >= 15 is 0 Å². The zero-order chi connectivity index (χ0) is 18.7. The van der Waals surface area contributed by atoms with E-state index in [4.69, 9.17) is 0 Å². The van der Waals surface area contributed by atoms with Crippen molar-refractivity contribution >= 4 is 11.8 Å². The molecule has 4 heteroatoms. The topological polar surface area (TPSA) is 58.2 Å². The monoisotopic (exact) mass is 366 g/mol. The van der Waals surface area contributed by atoms with E-state index in [0.29, 0.717) is 12.8 Å². The van der Waals surface area contributed by atoms with Gasteiger partial charge in [-0.25, -0.2) is 0 Å². The van der Waals surface area contributed by atoms with Gasteiger partial charge in [0.2, 0.25) is 11.8 Å². The Morgan fingerprint density at radius 2 is 0.654 bits per heavy atom. The average Bonchev–Trinajstić information content (AvgIpc) is 2.63. The number of rotatable bonds is 0. The van der Waals surface area contributed by atoms with E-state index in [9.17, 15) is 9.59 Å². The summed E-state index contributed by atoms with van der Waals surface area (Å²) in [6.45, 7) is 1.68. The van der Waals surface area contributed by atoms with Crippen molar-refractivity contribution in [3.05, 3.63) is 0 Å². The summed E-state index contributed by atoms with van der Waals surface area (Å²) in [6.07, 6.45) is 20.5. The van der Waals surface area contributed by atoms with Gasteiger partial charge < -0.3 is 10.6 Å². The zero-order valence-corrected chi connectivity index (χ0v) is 17.0. The lowest BCUT2D eigenvalue weighted by Crippen LogP contribution is -2.24. The quantitative estimate of drug-likeness (QED) is 0.615. The van der Waals surface area contributed by atoms with Crippen LogP contribution in [-0.2, 0) is 9.59 Å². The van der Waals surface area contributed by atoms with Gasteiger partial charge in [-0.2, -0.15) is 0 Å². The first-order valence-electron chi connectivity index (χ1n) is 11.3. The highest BCUT2D eigenvalue weighted by atomic mass is 16.2. The van der Waals surface area contributed by atoms with Crippen LogP contribution in [0.4, 0.5) is 0 Å². The minimum Gasteiger partial charge on any atom is -0.356 e. The molecule has 1 saturated heterocycles. The van der Waals surface area contributed by atoms with E-state index in [2.05, 4.69) is 10.6 Å². The molecule has 1 fully saturated rings. The molecule has 0 aromatic rings. The highest BCUT2D eigenvalue weighted by Crippen LogP contribution is 2.11. The Bertz CT molecular complexity index is 296. The van der Waals surface area contributed by atoms with Crippen LogP contribution < -0.4 is 10.6 Å². The van der Waals surface area contributed by atoms with Crippen molar-refractivity contribution in [2.45, 2.75) is 116 Å². The highest BCUT2D eigenvalue weighted by Gasteiger charge is 2.02. The summed E-state index contributed by atoms with van der Waals surface area (Å²) in [6, 6.07) is 0. The van der Waals surface area contributed by atoms with Crippen molar-refractivity contribution in [3.8, 4) is 0 Å². The Kier molecular flexibility index (Phi) is 15.3. The summed E-state index contributed by atoms with van der Waals surface area (Å²) in [7, 11) is 0. The fourth-order valence-corrected chi connectivity index (χ4v) is 3.57. The molecule has 0 bridgehead atoms. The molecule has 0 saturated carbocycles. The van der Waals surface area contributed by atoms with Crippen molar-refractivity contribution in [2.75, 3.05) is 13.1 Å². The summed E-state index contributed by atoms with van der Waals surface area (Å²) in [5, 5.41) is 6.12. The Morgan fingerprint density at radius 3 is 1.00 bits per heavy atom. The second kappa shape index (κ2) is 17.4. The fraction of sp³-hybridized carbons (Fsp3) is 0.909. The summed E-state index contributed by atoms with van der Waals surface area (Å²) in [5.41, 5.74) is 0. The van der Waals surface area contributed by atoms with Crippen LogP contribution in [0.5, 0.6) is 0 Å². The summed E-state index contributed by atoms with van der Waals surface area (Å²) < 4.78 is 0. The van der Waals surface area contributed by atoms with Crippen LogP contribution >= 0.6 is 0 Å². The largest absolute Gasteiger partial charge is 0.356 e. The van der Waals surface area contributed by atoms with Crippen molar-refractivity contribution in [1.29, 1.82) is 0 Å². The van der Waals surface area contributed by atoms with Crippen LogP contribution in [0.3, 0.4) is 0 Å². The van der Waals surface area contributed by atoms with E-state index in [0.717, 1.165) is 38.8 Å². The molecule has 1 heterocycles. The SMILES string of the molecule is O=C1CCCCCCCCCCNC(=O)CCCCCCCCCCN1. The second-order valence-electron chi connectivity index (χ2n) is 7.86. The van der Waals surface area contributed by atoms with Gasteiger partial charge in [-0.1, -0.05) is 77.0 Å². The lowest BCUT2D eigenvalue weighted by molar-refractivity contribution is -0.122. The molecule has 2 amide bonds. The van der Waals surface area contributed by atoms with E-state index in [1.54, 1.807) is 0 Å². The first-order chi connectivity index (χ1) is 12.8. The molecule has 2 N–H and O–H groups in total. The van der Waals surface area contributed by atoms with E-state index < -0.39 is 0 Å². The zero-order valence-electron chi connectivity index (χ0n) is 17.0. The molecule has 0 aromatic heterocycles. The van der Waals surface area contributed by atoms with Gasteiger partial charge in [0.15, 0.2) is 0 Å². The first-order valence-corrected chi connectivity index (χ1v) is 11.3. The van der Waals surface area contributed by atoms with Crippen LogP contribution in [0, 0.1) is 0 Å². The number of nitrogens with one attached hydrogen (secondary N) is 2. The lowest BCUT2D eigenvalue weighted by atomic mass is 10.1. The van der Waals surface area contributed by atoms with Crippen molar-refractivity contribution < 1.29 is 9.59 Å². The Balaban J connectivity index is 2.15. The van der Waals surface area contributed by atoms with Gasteiger partial charge in [-0.05, 0) is 25.7 Å². The minimum atomic E-state index is 0.238. The van der Waals surface area contributed by atoms with Crippen molar-refractivity contribution in [1.82, 2.24) is 10.6 Å². The van der Waals surface area contributed by atoms with Gasteiger partial charge in [-0.15, -0.1) is 0 Å². The molecule has 1 rings (SSSR count). The Morgan fingerprint density at radius 1 is 0.385 bits per heavy atom. The molecule has 0 aliphatic carbocycles. The second-order valence-corrected chi connectivity index (χ2v) is 7.86. The summed E-state index contributed by atoms with van der Waals surface area (Å²) in [5.74, 6) is 0.475. The Hall–Kier alpha value is -1.06. The minimum absolute atomic E-state index is 0.238. The smallest absolute Gasteiger partial charge is 0.219 e. The van der Waals surface area contributed by atoms with Gasteiger partial charge >= 0.3 is 0 Å². The third-order valence-electron chi connectivity index (χ3n) is 5.31. The molecule has 0 unspecified atom stereocenters. The summed E-state index contributed by atoms with van der Waals surface area (Å²) in [4.78, 5) is 23.5. The fourth-order valence-electron chi connectivity index (χ4n) is 3.57. The average molecular weight is 367 g/mol. The van der Waals surface area contributed by atoms with Crippen LogP contribution in [0.2, 0.25) is 0 Å². The van der Waals surface area contributed by atoms with Crippen molar-refractivity contribution in [3.63, 3.8) is 0 Å². The van der Waals surface area contributed by atoms with Crippen LogP contribution in [0.15, 0.2) is 0 Å². The maximum atomic E-state index is 11.8. The van der Waals surface area contributed by atoms with Crippen LogP contribution in [-0.4, -0.2) is 24.9 Å². The van der Waals surface area contributed by atoms with Crippen molar-refractivity contribution in [2.24, 2.45) is 0 Å². The van der Waals surface area contributed by atoms with Crippen LogP contribution in [0.1, 0.15) is 116 Å². The number of hydrogen-bond acceptors (Lipinski definition) is 2. The van der Waals surface area contributed by atoms with E-state index in [-0.39, 0.29) is 11.8 Å². The standard InChI is InChI=1S/C22H42N2O2/c25-21-17-13-9-5-1-3-7-11-15-19-23-22(26)18-14-10-6-2-4-8-12-16-20-24-21/h1-20H2,(H,23,26)(H,24,25). The van der Waals surface area contributed by atoms with Gasteiger partial charge in [-0.3, -0.25) is 9.59 Å². The molecule has 0 atom stereocenters. The lowest BCUT2D eigenvalue weighted by Gasteiger charge is -2.07. The van der Waals surface area contributed by atoms with Crippen LogP contribution in [0.25, 0.3) is 0 Å². The Labute approximate surface area is 161 Å². The van der Waals surface area contributed by atoms with Gasteiger partial charge in [0.25, 0.3) is 0 Å².